The van der Waals surface area contributed by atoms with E-state index >= 15 is 0 Å². The maximum atomic E-state index is 10.5. The van der Waals surface area contributed by atoms with Crippen molar-refractivity contribution in [1.82, 2.24) is 0 Å². The van der Waals surface area contributed by atoms with E-state index in [2.05, 4.69) is 0 Å². The van der Waals surface area contributed by atoms with Crippen LogP contribution in [0.15, 0.2) is 18.2 Å². The van der Waals surface area contributed by atoms with Gasteiger partial charge in [0.1, 0.15) is 0 Å². The number of aliphatic carboxylic acids is 1. The van der Waals surface area contributed by atoms with Gasteiger partial charge in [-0.3, -0.25) is 0 Å². The zero-order valence-electron chi connectivity index (χ0n) is 9.97. The van der Waals surface area contributed by atoms with Crippen LogP contribution in [-0.2, 0) is 11.2 Å². The Morgan fingerprint density at radius 1 is 1.53 bits per heavy atom. The molecule has 0 aliphatic rings. The molecule has 5 nitrogen and oxygen atoms in total. The molecule has 1 atom stereocenters. The summed E-state index contributed by atoms with van der Waals surface area (Å²) in [7, 11) is 1.51. The van der Waals surface area contributed by atoms with Gasteiger partial charge in [-0.2, -0.15) is 0 Å². The molecule has 3 N–H and O–H groups in total. The molecule has 1 aromatic rings. The highest BCUT2D eigenvalue weighted by Gasteiger charge is 2.13. The van der Waals surface area contributed by atoms with E-state index in [1.54, 1.807) is 6.07 Å². The highest BCUT2D eigenvalue weighted by atomic mass is 16.5. The molecule has 1 unspecified atom stereocenters. The lowest BCUT2D eigenvalue weighted by Crippen LogP contribution is -2.19. The number of benzene rings is 1. The lowest BCUT2D eigenvalue weighted by Gasteiger charge is -2.15. The molecule has 1 rings (SSSR count). The largest absolute Gasteiger partial charge is 0.493 e. The molecular formula is C12H17NO4. The first-order valence-electron chi connectivity index (χ1n) is 5.30. The second-order valence-corrected chi connectivity index (χ2v) is 3.81. The molecule has 0 bridgehead atoms. The van der Waals surface area contributed by atoms with Gasteiger partial charge in [-0.05, 0) is 25.0 Å². The van der Waals surface area contributed by atoms with Gasteiger partial charge in [0.05, 0.1) is 7.11 Å². The van der Waals surface area contributed by atoms with Gasteiger partial charge in [0.2, 0.25) is 0 Å². The quantitative estimate of drug-likeness (QED) is 0.775. The third-order valence-corrected chi connectivity index (χ3v) is 2.16. The maximum absolute atomic E-state index is 10.5. The first-order valence-corrected chi connectivity index (χ1v) is 5.30. The van der Waals surface area contributed by atoms with Crippen LogP contribution in [0, 0.1) is 0 Å². The summed E-state index contributed by atoms with van der Waals surface area (Å²) in [5, 5.41) is 8.62. The van der Waals surface area contributed by atoms with E-state index in [9.17, 15) is 4.79 Å². The fourth-order valence-electron chi connectivity index (χ4n) is 1.53. The lowest BCUT2D eigenvalue weighted by atomic mass is 10.1. The molecule has 0 saturated carbocycles. The maximum Gasteiger partial charge on any atom is 0.341 e. The third-order valence-electron chi connectivity index (χ3n) is 2.16. The zero-order valence-corrected chi connectivity index (χ0v) is 9.97. The topological polar surface area (TPSA) is 81.8 Å². The summed E-state index contributed by atoms with van der Waals surface area (Å²) in [6.45, 7) is 1.48. The van der Waals surface area contributed by atoms with Crippen LogP contribution in [0.3, 0.4) is 0 Å². The standard InChI is InChI=1S/C12H17NO4/c1-8(13)6-9-4-3-5-10(16-2)12(9)17-7-11(14)15/h3-5,8H,6-7,13H2,1-2H3,(H,14,15). The first kappa shape index (κ1) is 13.3. The average Bonchev–Trinajstić information content (AvgIpc) is 2.26. The molecule has 17 heavy (non-hydrogen) atoms. The van der Waals surface area contributed by atoms with Crippen LogP contribution >= 0.6 is 0 Å². The van der Waals surface area contributed by atoms with Gasteiger partial charge in [-0.15, -0.1) is 0 Å². The van der Waals surface area contributed by atoms with Crippen LogP contribution in [0.4, 0.5) is 0 Å². The number of methoxy groups -OCH3 is 1. The summed E-state index contributed by atoms with van der Waals surface area (Å²) in [4.78, 5) is 10.5. The van der Waals surface area contributed by atoms with Gasteiger partial charge in [-0.25, -0.2) is 4.79 Å². The van der Waals surface area contributed by atoms with Crippen molar-refractivity contribution < 1.29 is 19.4 Å². The Balaban J connectivity index is 2.97. The summed E-state index contributed by atoms with van der Waals surface area (Å²) in [5.74, 6) is -0.0539. The number of nitrogens with two attached hydrogens (primary N) is 1. The van der Waals surface area contributed by atoms with Gasteiger partial charge in [0.25, 0.3) is 0 Å². The average molecular weight is 239 g/mol. The van der Waals surface area contributed by atoms with E-state index in [0.29, 0.717) is 17.9 Å². The fourth-order valence-corrected chi connectivity index (χ4v) is 1.53. The molecule has 5 heteroatoms. The van der Waals surface area contributed by atoms with Gasteiger partial charge in [0.15, 0.2) is 18.1 Å². The van der Waals surface area contributed by atoms with Crippen molar-refractivity contribution in [2.24, 2.45) is 5.73 Å². The minimum atomic E-state index is -1.03. The van der Waals surface area contributed by atoms with Crippen LogP contribution in [-0.4, -0.2) is 30.8 Å². The smallest absolute Gasteiger partial charge is 0.341 e. The number of rotatable bonds is 6. The highest BCUT2D eigenvalue weighted by molar-refractivity contribution is 5.68. The molecule has 1 aromatic carbocycles. The third kappa shape index (κ3) is 3.96. The van der Waals surface area contributed by atoms with Crippen LogP contribution in [0.25, 0.3) is 0 Å². The van der Waals surface area contributed by atoms with Gasteiger partial charge in [0, 0.05) is 6.04 Å². The summed E-state index contributed by atoms with van der Waals surface area (Å²) in [6.07, 6.45) is 0.603. The van der Waals surface area contributed by atoms with E-state index in [-0.39, 0.29) is 6.04 Å². The minimum absolute atomic E-state index is 0.0331. The van der Waals surface area contributed by atoms with Crippen molar-refractivity contribution in [3.8, 4) is 11.5 Å². The number of carbonyl (C=O) groups is 1. The first-order chi connectivity index (χ1) is 8.04. The Labute approximate surface area is 100 Å². The predicted octanol–water partition coefficient (Wildman–Crippen LogP) is 1.05. The Kier molecular flexibility index (Phi) is 4.78. The van der Waals surface area contributed by atoms with E-state index in [1.807, 2.05) is 19.1 Å². The molecule has 0 spiro atoms. The normalized spacial score (nSPS) is 11.9. The monoisotopic (exact) mass is 239 g/mol. The van der Waals surface area contributed by atoms with E-state index < -0.39 is 12.6 Å². The summed E-state index contributed by atoms with van der Waals surface area (Å²) in [5.41, 5.74) is 6.58. The zero-order chi connectivity index (χ0) is 12.8. The van der Waals surface area contributed by atoms with Crippen molar-refractivity contribution in [3.05, 3.63) is 23.8 Å². The molecule has 0 aliphatic carbocycles. The molecule has 0 radical (unpaired) electrons. The number of carboxylic acid groups (broad SMARTS) is 1. The summed E-state index contributed by atoms with van der Waals surface area (Å²) < 4.78 is 10.4. The number of hydrogen-bond acceptors (Lipinski definition) is 4. The van der Waals surface area contributed by atoms with Gasteiger partial charge < -0.3 is 20.3 Å². The minimum Gasteiger partial charge on any atom is -0.493 e. The number of ether oxygens (including phenoxy) is 2. The van der Waals surface area contributed by atoms with E-state index in [1.165, 1.54) is 7.11 Å². The van der Waals surface area contributed by atoms with Crippen LogP contribution in [0.2, 0.25) is 0 Å². The second-order valence-electron chi connectivity index (χ2n) is 3.81. The second kappa shape index (κ2) is 6.10. The molecule has 0 heterocycles. The predicted molar refractivity (Wildman–Crippen MR) is 63.5 cm³/mol. The molecule has 0 aliphatic heterocycles. The van der Waals surface area contributed by atoms with E-state index in [0.717, 1.165) is 5.56 Å². The molecule has 94 valence electrons. The van der Waals surface area contributed by atoms with Crippen molar-refractivity contribution in [2.75, 3.05) is 13.7 Å². The lowest BCUT2D eigenvalue weighted by molar-refractivity contribution is -0.139. The van der Waals surface area contributed by atoms with Gasteiger partial charge >= 0.3 is 5.97 Å². The summed E-state index contributed by atoms with van der Waals surface area (Å²) >= 11 is 0. The molecule has 0 aromatic heterocycles. The van der Waals surface area contributed by atoms with Crippen molar-refractivity contribution in [1.29, 1.82) is 0 Å². The molecule has 0 fully saturated rings. The Bertz CT molecular complexity index is 390. The molecule has 0 amide bonds. The Morgan fingerprint density at radius 3 is 2.76 bits per heavy atom. The number of carboxylic acids is 1. The Hall–Kier alpha value is -1.75. The number of para-hydroxylation sites is 1. The summed E-state index contributed by atoms with van der Waals surface area (Å²) in [6, 6.07) is 5.36. The van der Waals surface area contributed by atoms with Crippen molar-refractivity contribution in [3.63, 3.8) is 0 Å². The highest BCUT2D eigenvalue weighted by Crippen LogP contribution is 2.31. The van der Waals surface area contributed by atoms with E-state index in [4.69, 9.17) is 20.3 Å². The molecule has 0 saturated heterocycles. The fraction of sp³-hybridized carbons (Fsp3) is 0.417. The van der Waals surface area contributed by atoms with Crippen molar-refractivity contribution >= 4 is 5.97 Å². The van der Waals surface area contributed by atoms with Crippen LogP contribution in [0.1, 0.15) is 12.5 Å². The van der Waals surface area contributed by atoms with Gasteiger partial charge in [-0.1, -0.05) is 12.1 Å². The van der Waals surface area contributed by atoms with Crippen molar-refractivity contribution in [2.45, 2.75) is 19.4 Å². The molecular weight excluding hydrogens is 222 g/mol. The van der Waals surface area contributed by atoms with Crippen LogP contribution < -0.4 is 15.2 Å². The Morgan fingerprint density at radius 2 is 2.24 bits per heavy atom. The van der Waals surface area contributed by atoms with Crippen LogP contribution in [0.5, 0.6) is 11.5 Å². The number of hydrogen-bond donors (Lipinski definition) is 2. The SMILES string of the molecule is COc1cccc(CC(C)N)c1OCC(=O)O.